The first-order valence-electron chi connectivity index (χ1n) is 10.8. The molecule has 160 valence electrons. The maximum absolute atomic E-state index is 5.95. The average Bonchev–Trinajstić information content (AvgIpc) is 3.35. The van der Waals surface area contributed by atoms with Crippen LogP contribution in [0.5, 0.6) is 0 Å². The second-order valence-electron chi connectivity index (χ2n) is 7.76. The van der Waals surface area contributed by atoms with E-state index in [1.165, 1.54) is 45.2 Å². The molecule has 1 atom stereocenters. The number of rotatable bonds is 8. The fourth-order valence-electron chi connectivity index (χ4n) is 4.11. The highest BCUT2D eigenvalue weighted by molar-refractivity contribution is 14.0. The summed E-state index contributed by atoms with van der Waals surface area (Å²) in [5.41, 5.74) is 0. The van der Waals surface area contributed by atoms with Gasteiger partial charge < -0.3 is 20.0 Å². The highest BCUT2D eigenvalue weighted by atomic mass is 127. The third-order valence-corrected chi connectivity index (χ3v) is 5.61. The normalized spacial score (nSPS) is 20.0. The Labute approximate surface area is 187 Å². The van der Waals surface area contributed by atoms with E-state index in [-0.39, 0.29) is 30.0 Å². The van der Waals surface area contributed by atoms with Gasteiger partial charge in [-0.2, -0.15) is 0 Å². The minimum atomic E-state index is 0. The third kappa shape index (κ3) is 7.22. The zero-order valence-electron chi connectivity index (χ0n) is 17.6. The van der Waals surface area contributed by atoms with Crippen molar-refractivity contribution in [1.29, 1.82) is 0 Å². The Balaban J connectivity index is 0.00000280. The fourth-order valence-corrected chi connectivity index (χ4v) is 4.11. The maximum Gasteiger partial charge on any atom is 0.191 e. The number of guanidine groups is 1. The van der Waals surface area contributed by atoms with E-state index in [1.54, 1.807) is 0 Å². The summed E-state index contributed by atoms with van der Waals surface area (Å²) >= 11 is 0. The van der Waals surface area contributed by atoms with Gasteiger partial charge in [0.1, 0.15) is 11.5 Å². The Hall–Kier alpha value is -0.800. The Kier molecular flexibility index (Phi) is 10.6. The molecule has 0 saturated carbocycles. The molecule has 0 aliphatic carbocycles. The average molecular weight is 503 g/mol. The summed E-state index contributed by atoms with van der Waals surface area (Å²) < 4.78 is 5.95. The van der Waals surface area contributed by atoms with Crippen LogP contribution < -0.4 is 10.6 Å². The number of hydrogen-bond acceptors (Lipinski definition) is 4. The van der Waals surface area contributed by atoms with Crippen LogP contribution >= 0.6 is 24.0 Å². The number of aryl methyl sites for hydroxylation is 1. The van der Waals surface area contributed by atoms with Gasteiger partial charge in [-0.25, -0.2) is 0 Å². The van der Waals surface area contributed by atoms with E-state index in [2.05, 4.69) is 39.5 Å². The van der Waals surface area contributed by atoms with Gasteiger partial charge in [0.15, 0.2) is 5.96 Å². The van der Waals surface area contributed by atoms with Gasteiger partial charge in [0, 0.05) is 19.6 Å². The molecule has 0 bridgehead atoms. The summed E-state index contributed by atoms with van der Waals surface area (Å²) in [5, 5.41) is 6.91. The molecule has 2 fully saturated rings. The van der Waals surface area contributed by atoms with Gasteiger partial charge in [-0.05, 0) is 77.8 Å². The van der Waals surface area contributed by atoms with E-state index in [4.69, 9.17) is 9.41 Å². The Morgan fingerprint density at radius 3 is 2.43 bits per heavy atom. The van der Waals surface area contributed by atoms with E-state index in [9.17, 15) is 0 Å². The molecule has 0 radical (unpaired) electrons. The van der Waals surface area contributed by atoms with Crippen LogP contribution in [0.15, 0.2) is 21.5 Å². The minimum absolute atomic E-state index is 0. The van der Waals surface area contributed by atoms with Gasteiger partial charge in [-0.3, -0.25) is 9.89 Å². The molecular weight excluding hydrogens is 465 g/mol. The standard InChI is InChI=1S/C21H37N5O.HI/c1-3-22-21(23-11-16-25-12-5-4-6-13-25)24-17-19(26-14-7-8-15-26)20-10-9-18(2)27-20;/h9-10,19H,3-8,11-17H2,1-2H3,(H2,22,23,24);1H. The molecule has 7 heteroatoms. The molecule has 2 N–H and O–H groups in total. The molecule has 0 amide bonds. The van der Waals surface area contributed by atoms with E-state index in [0.29, 0.717) is 0 Å². The summed E-state index contributed by atoms with van der Waals surface area (Å²) in [7, 11) is 0. The number of halogens is 1. The molecule has 28 heavy (non-hydrogen) atoms. The first-order chi connectivity index (χ1) is 13.3. The van der Waals surface area contributed by atoms with Crippen molar-refractivity contribution in [3.63, 3.8) is 0 Å². The topological polar surface area (TPSA) is 56.0 Å². The maximum atomic E-state index is 5.95. The lowest BCUT2D eigenvalue weighted by Gasteiger charge is -2.27. The van der Waals surface area contributed by atoms with Gasteiger partial charge in [-0.15, -0.1) is 24.0 Å². The van der Waals surface area contributed by atoms with Crippen molar-refractivity contribution in [2.24, 2.45) is 4.99 Å². The summed E-state index contributed by atoms with van der Waals surface area (Å²) in [5.74, 6) is 2.94. The second-order valence-corrected chi connectivity index (χ2v) is 7.76. The highest BCUT2D eigenvalue weighted by Crippen LogP contribution is 2.26. The number of piperidine rings is 1. The van der Waals surface area contributed by atoms with Gasteiger partial charge in [0.25, 0.3) is 0 Å². The summed E-state index contributed by atoms with van der Waals surface area (Å²) in [6, 6.07) is 4.41. The first kappa shape index (κ1) is 23.5. The van der Waals surface area contributed by atoms with E-state index >= 15 is 0 Å². The monoisotopic (exact) mass is 503 g/mol. The molecule has 6 nitrogen and oxygen atoms in total. The molecule has 1 aromatic heterocycles. The Morgan fingerprint density at radius 1 is 1.07 bits per heavy atom. The van der Waals surface area contributed by atoms with Crippen LogP contribution in [0, 0.1) is 6.92 Å². The highest BCUT2D eigenvalue weighted by Gasteiger charge is 2.25. The number of aliphatic imine (C=N–C) groups is 1. The fraction of sp³-hybridized carbons (Fsp3) is 0.762. The van der Waals surface area contributed by atoms with Crippen LogP contribution in [0.2, 0.25) is 0 Å². The summed E-state index contributed by atoms with van der Waals surface area (Å²) in [4.78, 5) is 9.97. The van der Waals surface area contributed by atoms with Crippen molar-refractivity contribution >= 4 is 29.9 Å². The molecule has 1 unspecified atom stereocenters. The summed E-state index contributed by atoms with van der Waals surface area (Å²) in [6.45, 7) is 12.5. The first-order valence-corrected chi connectivity index (χ1v) is 10.8. The van der Waals surface area contributed by atoms with Gasteiger partial charge in [0.2, 0.25) is 0 Å². The predicted molar refractivity (Wildman–Crippen MR) is 127 cm³/mol. The van der Waals surface area contributed by atoms with E-state index in [1.807, 2.05) is 6.92 Å². The number of nitrogens with one attached hydrogen (secondary N) is 2. The molecule has 2 saturated heterocycles. The summed E-state index contributed by atoms with van der Waals surface area (Å²) in [6.07, 6.45) is 6.61. The molecule has 0 spiro atoms. The second kappa shape index (κ2) is 12.7. The largest absolute Gasteiger partial charge is 0.465 e. The van der Waals surface area contributed by atoms with Crippen LogP contribution in [0.3, 0.4) is 0 Å². The minimum Gasteiger partial charge on any atom is -0.465 e. The predicted octanol–water partition coefficient (Wildman–Crippen LogP) is 3.38. The number of likely N-dealkylation sites (tertiary alicyclic amines) is 2. The molecule has 1 aromatic rings. The van der Waals surface area contributed by atoms with E-state index < -0.39 is 0 Å². The number of nitrogens with zero attached hydrogens (tertiary/aromatic N) is 3. The third-order valence-electron chi connectivity index (χ3n) is 5.61. The van der Waals surface area contributed by atoms with Gasteiger partial charge in [0.05, 0.1) is 12.6 Å². The number of hydrogen-bond donors (Lipinski definition) is 2. The van der Waals surface area contributed by atoms with Crippen LogP contribution in [0.4, 0.5) is 0 Å². The van der Waals surface area contributed by atoms with Crippen LogP contribution in [0.1, 0.15) is 56.6 Å². The van der Waals surface area contributed by atoms with Crippen molar-refractivity contribution in [2.45, 2.75) is 52.0 Å². The van der Waals surface area contributed by atoms with Gasteiger partial charge >= 0.3 is 0 Å². The van der Waals surface area contributed by atoms with Crippen molar-refractivity contribution in [1.82, 2.24) is 20.4 Å². The van der Waals surface area contributed by atoms with Gasteiger partial charge in [-0.1, -0.05) is 6.42 Å². The quantitative estimate of drug-likeness (QED) is 0.324. The smallest absolute Gasteiger partial charge is 0.191 e. The Morgan fingerprint density at radius 2 is 1.79 bits per heavy atom. The van der Waals surface area contributed by atoms with Crippen LogP contribution in [-0.2, 0) is 0 Å². The van der Waals surface area contributed by atoms with Crippen LogP contribution in [0.25, 0.3) is 0 Å². The Bertz CT molecular complexity index is 579. The lowest BCUT2D eigenvalue weighted by Crippen LogP contribution is -2.43. The van der Waals surface area contributed by atoms with Crippen molar-refractivity contribution in [3.05, 3.63) is 23.7 Å². The molecule has 0 aromatic carbocycles. The van der Waals surface area contributed by atoms with Crippen molar-refractivity contribution < 1.29 is 4.42 Å². The molecule has 2 aliphatic rings. The van der Waals surface area contributed by atoms with Crippen molar-refractivity contribution in [2.75, 3.05) is 52.4 Å². The molecule has 2 aliphatic heterocycles. The molecule has 3 heterocycles. The number of furan rings is 1. The van der Waals surface area contributed by atoms with Crippen LogP contribution in [-0.4, -0.2) is 68.1 Å². The lowest BCUT2D eigenvalue weighted by molar-refractivity contribution is 0.219. The zero-order chi connectivity index (χ0) is 18.9. The zero-order valence-corrected chi connectivity index (χ0v) is 19.9. The van der Waals surface area contributed by atoms with Crippen molar-refractivity contribution in [3.8, 4) is 0 Å². The molecule has 3 rings (SSSR count). The SMILES string of the molecule is CCNC(=NCC(c1ccc(C)o1)N1CCCC1)NCCN1CCCCC1.I. The lowest BCUT2D eigenvalue weighted by atomic mass is 10.1. The molecular formula is C21H38IN5O. The van der Waals surface area contributed by atoms with E-state index in [0.717, 1.165) is 56.7 Å².